The van der Waals surface area contributed by atoms with Crippen LogP contribution in [0, 0.1) is 0 Å². The second-order valence-corrected chi connectivity index (χ2v) is 6.90. The number of carbonyl (C=O) groups is 2. The number of nitrogens with zero attached hydrogens (tertiary/aromatic N) is 1. The molecule has 0 saturated carbocycles. The molecular weight excluding hydrogens is 378 g/mol. The second-order valence-electron chi connectivity index (χ2n) is 6.90. The zero-order valence-electron chi connectivity index (χ0n) is 15.5. The first-order chi connectivity index (χ1) is 14.2. The van der Waals surface area contributed by atoms with Crippen LogP contribution >= 0.6 is 0 Å². The molecule has 0 unspecified atom stereocenters. The highest BCUT2D eigenvalue weighted by molar-refractivity contribution is 5.98. The molecule has 9 heteroatoms. The summed E-state index contributed by atoms with van der Waals surface area (Å²) in [6, 6.07) is 9.89. The summed E-state index contributed by atoms with van der Waals surface area (Å²) >= 11 is 0. The molecule has 5 rings (SSSR count). The van der Waals surface area contributed by atoms with Crippen molar-refractivity contribution in [2.24, 2.45) is 0 Å². The third kappa shape index (κ3) is 3.46. The Balaban J connectivity index is 1.22. The van der Waals surface area contributed by atoms with E-state index in [4.69, 9.17) is 18.9 Å². The molecule has 1 atom stereocenters. The number of benzene rings is 2. The highest BCUT2D eigenvalue weighted by Crippen LogP contribution is 2.36. The normalized spacial score (nSPS) is 19.2. The van der Waals surface area contributed by atoms with Crippen LogP contribution in [0.2, 0.25) is 0 Å². The molecule has 3 aliphatic rings. The van der Waals surface area contributed by atoms with Crippen LogP contribution in [0.5, 0.6) is 23.0 Å². The lowest BCUT2D eigenvalue weighted by molar-refractivity contribution is -0.117. The molecule has 0 radical (unpaired) electrons. The van der Waals surface area contributed by atoms with E-state index in [1.54, 1.807) is 35.2 Å². The molecule has 150 valence electrons. The molecule has 2 aromatic carbocycles. The summed E-state index contributed by atoms with van der Waals surface area (Å²) in [5, 5.41) is 5.60. The first-order valence-electron chi connectivity index (χ1n) is 9.33. The first kappa shape index (κ1) is 17.5. The van der Waals surface area contributed by atoms with E-state index in [0.717, 1.165) is 5.69 Å². The number of rotatable bonds is 3. The van der Waals surface area contributed by atoms with Gasteiger partial charge in [0.05, 0.1) is 6.04 Å². The Morgan fingerprint density at radius 2 is 1.66 bits per heavy atom. The maximum atomic E-state index is 12.5. The third-order valence-electron chi connectivity index (χ3n) is 4.93. The van der Waals surface area contributed by atoms with E-state index in [2.05, 4.69) is 10.6 Å². The number of hydrogen-bond donors (Lipinski definition) is 2. The van der Waals surface area contributed by atoms with Gasteiger partial charge in [-0.25, -0.2) is 4.79 Å². The van der Waals surface area contributed by atoms with Gasteiger partial charge in [-0.05, 0) is 24.3 Å². The lowest BCUT2D eigenvalue weighted by Crippen LogP contribution is -2.39. The molecule has 0 aliphatic carbocycles. The predicted molar refractivity (Wildman–Crippen MR) is 103 cm³/mol. The van der Waals surface area contributed by atoms with Gasteiger partial charge in [-0.15, -0.1) is 0 Å². The van der Waals surface area contributed by atoms with E-state index >= 15 is 0 Å². The molecule has 2 N–H and O–H groups in total. The Morgan fingerprint density at radius 1 is 0.931 bits per heavy atom. The minimum Gasteiger partial charge on any atom is -0.486 e. The van der Waals surface area contributed by atoms with Crippen molar-refractivity contribution >= 4 is 23.3 Å². The van der Waals surface area contributed by atoms with Crippen molar-refractivity contribution in [1.29, 1.82) is 0 Å². The van der Waals surface area contributed by atoms with Gasteiger partial charge in [-0.1, -0.05) is 0 Å². The summed E-state index contributed by atoms with van der Waals surface area (Å²) in [7, 11) is 0. The van der Waals surface area contributed by atoms with Gasteiger partial charge in [-0.2, -0.15) is 0 Å². The van der Waals surface area contributed by atoms with Crippen molar-refractivity contribution in [3.8, 4) is 23.0 Å². The van der Waals surface area contributed by atoms with Gasteiger partial charge in [0.25, 0.3) is 0 Å². The average molecular weight is 397 g/mol. The average Bonchev–Trinajstić information content (AvgIpc) is 3.33. The molecule has 3 amide bonds. The Bertz CT molecular complexity index is 979. The molecule has 3 heterocycles. The van der Waals surface area contributed by atoms with Gasteiger partial charge in [0.2, 0.25) is 12.7 Å². The lowest BCUT2D eigenvalue weighted by atomic mass is 10.2. The SMILES string of the molecule is O=C(Nc1ccc2c(c1)OCO2)N[C@@H]1CC(=O)N(c2ccc3c(c2)OCCO3)C1. The molecule has 0 spiro atoms. The summed E-state index contributed by atoms with van der Waals surface area (Å²) in [6.07, 6.45) is 0.225. The number of nitrogens with one attached hydrogen (secondary N) is 2. The molecule has 29 heavy (non-hydrogen) atoms. The van der Waals surface area contributed by atoms with Crippen LogP contribution < -0.4 is 34.5 Å². The van der Waals surface area contributed by atoms with Crippen LogP contribution in [0.3, 0.4) is 0 Å². The van der Waals surface area contributed by atoms with Crippen molar-refractivity contribution in [2.45, 2.75) is 12.5 Å². The molecule has 1 saturated heterocycles. The van der Waals surface area contributed by atoms with Gasteiger partial charge in [0.15, 0.2) is 23.0 Å². The fourth-order valence-electron chi connectivity index (χ4n) is 3.58. The second kappa shape index (κ2) is 7.08. The Hall–Kier alpha value is -3.62. The Kier molecular flexibility index (Phi) is 4.27. The molecule has 0 bridgehead atoms. The fraction of sp³-hybridized carbons (Fsp3) is 0.300. The van der Waals surface area contributed by atoms with E-state index in [1.165, 1.54) is 0 Å². The van der Waals surface area contributed by atoms with E-state index in [-0.39, 0.29) is 31.2 Å². The van der Waals surface area contributed by atoms with Gasteiger partial charge >= 0.3 is 6.03 Å². The minimum absolute atomic E-state index is 0.0601. The van der Waals surface area contributed by atoms with Crippen LogP contribution in [-0.4, -0.2) is 44.5 Å². The first-order valence-corrected chi connectivity index (χ1v) is 9.33. The van der Waals surface area contributed by atoms with Crippen LogP contribution in [0.15, 0.2) is 36.4 Å². The van der Waals surface area contributed by atoms with Gasteiger partial charge in [-0.3, -0.25) is 4.79 Å². The molecule has 3 aliphatic heterocycles. The highest BCUT2D eigenvalue weighted by atomic mass is 16.7. The molecule has 9 nitrogen and oxygen atoms in total. The predicted octanol–water partition coefficient (Wildman–Crippen LogP) is 2.11. The number of hydrogen-bond acceptors (Lipinski definition) is 6. The van der Waals surface area contributed by atoms with E-state index in [1.807, 2.05) is 6.07 Å². The topological polar surface area (TPSA) is 98.4 Å². The van der Waals surface area contributed by atoms with E-state index in [0.29, 0.717) is 48.4 Å². The van der Waals surface area contributed by atoms with Crippen molar-refractivity contribution in [3.05, 3.63) is 36.4 Å². The van der Waals surface area contributed by atoms with Crippen LogP contribution in [0.1, 0.15) is 6.42 Å². The van der Waals surface area contributed by atoms with Crippen molar-refractivity contribution in [3.63, 3.8) is 0 Å². The molecule has 2 aromatic rings. The molecular formula is C20H19N3O6. The summed E-state index contributed by atoms with van der Waals surface area (Å²) in [6.45, 7) is 1.55. The summed E-state index contributed by atoms with van der Waals surface area (Å²) in [5.74, 6) is 2.47. The highest BCUT2D eigenvalue weighted by Gasteiger charge is 2.32. The summed E-state index contributed by atoms with van der Waals surface area (Å²) in [5.41, 5.74) is 1.31. The van der Waals surface area contributed by atoms with Crippen LogP contribution in [-0.2, 0) is 4.79 Å². The van der Waals surface area contributed by atoms with E-state index in [9.17, 15) is 9.59 Å². The number of amides is 3. The Morgan fingerprint density at radius 3 is 2.55 bits per heavy atom. The molecule has 0 aromatic heterocycles. The monoisotopic (exact) mass is 397 g/mol. The summed E-state index contributed by atoms with van der Waals surface area (Å²) < 4.78 is 21.7. The van der Waals surface area contributed by atoms with E-state index < -0.39 is 0 Å². The number of urea groups is 1. The van der Waals surface area contributed by atoms with Crippen molar-refractivity contribution < 1.29 is 28.5 Å². The summed E-state index contributed by atoms with van der Waals surface area (Å²) in [4.78, 5) is 26.5. The maximum absolute atomic E-state index is 12.5. The third-order valence-corrected chi connectivity index (χ3v) is 4.93. The molecule has 1 fully saturated rings. The largest absolute Gasteiger partial charge is 0.486 e. The number of ether oxygens (including phenoxy) is 4. The number of fused-ring (bicyclic) bond motifs is 2. The Labute approximate surface area is 166 Å². The van der Waals surface area contributed by atoms with Crippen LogP contribution in [0.25, 0.3) is 0 Å². The van der Waals surface area contributed by atoms with Crippen molar-refractivity contribution in [2.75, 3.05) is 36.8 Å². The zero-order valence-corrected chi connectivity index (χ0v) is 15.5. The zero-order chi connectivity index (χ0) is 19.8. The maximum Gasteiger partial charge on any atom is 0.319 e. The van der Waals surface area contributed by atoms with Crippen LogP contribution in [0.4, 0.5) is 16.2 Å². The number of carbonyl (C=O) groups excluding carboxylic acids is 2. The van der Waals surface area contributed by atoms with Gasteiger partial charge < -0.3 is 34.5 Å². The quantitative estimate of drug-likeness (QED) is 0.823. The standard InChI is InChI=1S/C20H19N3O6/c24-19-8-13(10-23(19)14-2-4-15-18(9-14)27-6-5-26-15)22-20(25)21-12-1-3-16-17(7-12)29-11-28-16/h1-4,7,9,13H,5-6,8,10-11H2,(H2,21,22,25)/t13-/m1/s1. The smallest absolute Gasteiger partial charge is 0.319 e. The van der Waals surface area contributed by atoms with Gasteiger partial charge in [0, 0.05) is 36.5 Å². The fourth-order valence-corrected chi connectivity index (χ4v) is 3.58. The number of anilines is 2. The lowest BCUT2D eigenvalue weighted by Gasteiger charge is -2.22. The van der Waals surface area contributed by atoms with Gasteiger partial charge in [0.1, 0.15) is 13.2 Å². The minimum atomic E-state index is -0.384. The van der Waals surface area contributed by atoms with Crippen molar-refractivity contribution in [1.82, 2.24) is 5.32 Å².